The van der Waals surface area contributed by atoms with Crippen LogP contribution in [0.5, 0.6) is 0 Å². The maximum absolute atomic E-state index is 10.9. The van der Waals surface area contributed by atoms with Crippen molar-refractivity contribution in [1.82, 2.24) is 10.6 Å². The lowest BCUT2D eigenvalue weighted by Crippen LogP contribution is -2.38. The molecule has 0 aromatic carbocycles. The summed E-state index contributed by atoms with van der Waals surface area (Å²) < 4.78 is 8.92. The number of rotatable bonds is 6. The van der Waals surface area contributed by atoms with Crippen LogP contribution in [0.3, 0.4) is 0 Å². The number of hydrogen-bond donors (Lipinski definition) is 2. The summed E-state index contributed by atoms with van der Waals surface area (Å²) in [5.41, 5.74) is 0. The summed E-state index contributed by atoms with van der Waals surface area (Å²) in [5, 5.41) is 4.36. The second-order valence-electron chi connectivity index (χ2n) is 2.31. The van der Waals surface area contributed by atoms with E-state index in [0.717, 1.165) is 12.2 Å². The van der Waals surface area contributed by atoms with Gasteiger partial charge in [-0.05, 0) is 0 Å². The van der Waals surface area contributed by atoms with Gasteiger partial charge in [0.2, 0.25) is 0 Å². The van der Waals surface area contributed by atoms with E-state index in [1.807, 2.05) is 0 Å². The molecule has 0 aromatic heterocycles. The number of nitrogens with one attached hydrogen (secondary N) is 2. The van der Waals surface area contributed by atoms with Crippen molar-refractivity contribution < 1.29 is 23.9 Å². The molecule has 0 heterocycles. The van der Waals surface area contributed by atoms with Gasteiger partial charge in [0.1, 0.15) is 0 Å². The van der Waals surface area contributed by atoms with E-state index in [4.69, 9.17) is 0 Å². The van der Waals surface area contributed by atoms with Crippen LogP contribution in [0.25, 0.3) is 0 Å². The van der Waals surface area contributed by atoms with Crippen molar-refractivity contribution >= 4 is 18.0 Å². The van der Waals surface area contributed by atoms with Crippen LogP contribution in [0.4, 0.5) is 4.79 Å². The van der Waals surface area contributed by atoms with Crippen LogP contribution in [0, 0.1) is 0 Å². The molecule has 0 saturated heterocycles. The van der Waals surface area contributed by atoms with Crippen LogP contribution in [-0.2, 0) is 19.1 Å². The first kappa shape index (κ1) is 13.7. The average molecular weight is 228 g/mol. The molecular weight excluding hydrogens is 216 g/mol. The topological polar surface area (TPSA) is 93.7 Å². The van der Waals surface area contributed by atoms with Crippen molar-refractivity contribution in [1.29, 1.82) is 0 Å². The second-order valence-corrected chi connectivity index (χ2v) is 2.31. The molecule has 0 fully saturated rings. The van der Waals surface area contributed by atoms with E-state index >= 15 is 0 Å². The summed E-state index contributed by atoms with van der Waals surface area (Å²) in [7, 11) is 0. The zero-order valence-corrected chi connectivity index (χ0v) is 8.52. The first-order valence-electron chi connectivity index (χ1n) is 4.20. The third-order valence-corrected chi connectivity index (χ3v) is 1.23. The van der Waals surface area contributed by atoms with E-state index in [0.29, 0.717) is 0 Å². The highest BCUT2D eigenvalue weighted by Crippen LogP contribution is 1.78. The van der Waals surface area contributed by atoms with Gasteiger partial charge in [-0.15, -0.1) is 0 Å². The summed E-state index contributed by atoms with van der Waals surface area (Å²) in [6, 6.07) is -0.645. The van der Waals surface area contributed by atoms with Crippen LogP contribution in [0.2, 0.25) is 0 Å². The van der Waals surface area contributed by atoms with Crippen molar-refractivity contribution in [2.24, 2.45) is 0 Å². The third-order valence-electron chi connectivity index (χ3n) is 1.23. The van der Waals surface area contributed by atoms with Crippen molar-refractivity contribution in [3.05, 3.63) is 25.3 Å². The highest BCUT2D eigenvalue weighted by Gasteiger charge is 2.01. The summed E-state index contributed by atoms with van der Waals surface area (Å²) in [6.45, 7) is 5.74. The van der Waals surface area contributed by atoms with E-state index in [1.165, 1.54) is 0 Å². The lowest BCUT2D eigenvalue weighted by Gasteiger charge is -2.07. The van der Waals surface area contributed by atoms with E-state index < -0.39 is 18.0 Å². The minimum atomic E-state index is -0.654. The maximum atomic E-state index is 10.9. The molecule has 0 bridgehead atoms. The second kappa shape index (κ2) is 8.04. The highest BCUT2D eigenvalue weighted by atomic mass is 16.5. The SMILES string of the molecule is C=CC(=O)OCNC(=O)NCOC(=O)C=C. The number of hydrogen-bond acceptors (Lipinski definition) is 5. The van der Waals surface area contributed by atoms with Gasteiger partial charge in [0.05, 0.1) is 0 Å². The van der Waals surface area contributed by atoms with Gasteiger partial charge in [0, 0.05) is 12.2 Å². The molecule has 7 heteroatoms. The molecule has 0 spiro atoms. The Bertz CT molecular complexity index is 272. The van der Waals surface area contributed by atoms with E-state index in [-0.39, 0.29) is 13.5 Å². The molecule has 0 radical (unpaired) electrons. The van der Waals surface area contributed by atoms with E-state index in [2.05, 4.69) is 33.3 Å². The largest absolute Gasteiger partial charge is 0.441 e. The van der Waals surface area contributed by atoms with Crippen LogP contribution in [-0.4, -0.2) is 31.4 Å². The Morgan fingerprint density at radius 1 is 0.938 bits per heavy atom. The van der Waals surface area contributed by atoms with E-state index in [1.54, 1.807) is 0 Å². The first-order chi connectivity index (χ1) is 7.60. The van der Waals surface area contributed by atoms with Gasteiger partial charge < -0.3 is 20.1 Å². The first-order valence-corrected chi connectivity index (χ1v) is 4.20. The molecular formula is C9H12N2O5. The Hall–Kier alpha value is -2.31. The predicted molar refractivity (Wildman–Crippen MR) is 54.0 cm³/mol. The molecule has 2 N–H and O–H groups in total. The minimum absolute atomic E-state index is 0.300. The van der Waals surface area contributed by atoms with Gasteiger partial charge in [0.15, 0.2) is 13.5 Å². The Morgan fingerprint density at radius 3 is 1.62 bits per heavy atom. The number of carbonyl (C=O) groups is 3. The number of carbonyl (C=O) groups excluding carboxylic acids is 3. The fourth-order valence-electron chi connectivity index (χ4n) is 0.526. The summed E-state index contributed by atoms with van der Waals surface area (Å²) in [6.07, 6.45) is 1.93. The van der Waals surface area contributed by atoms with Crippen LogP contribution >= 0.6 is 0 Å². The molecule has 16 heavy (non-hydrogen) atoms. The monoisotopic (exact) mass is 228 g/mol. The third kappa shape index (κ3) is 7.13. The number of amides is 2. The van der Waals surface area contributed by atoms with Gasteiger partial charge in [-0.1, -0.05) is 13.2 Å². The zero-order valence-electron chi connectivity index (χ0n) is 8.52. The number of esters is 2. The summed E-state index contributed by atoms with van der Waals surface area (Å²) in [5.74, 6) is -1.31. The van der Waals surface area contributed by atoms with Crippen molar-refractivity contribution in [2.45, 2.75) is 0 Å². The summed E-state index contributed by atoms with van der Waals surface area (Å²) >= 11 is 0. The smallest absolute Gasteiger partial charge is 0.331 e. The molecule has 0 atom stereocenters. The van der Waals surface area contributed by atoms with Crippen LogP contribution < -0.4 is 10.6 Å². The lowest BCUT2D eigenvalue weighted by molar-refractivity contribution is -0.138. The number of urea groups is 1. The normalized spacial score (nSPS) is 8.50. The fourth-order valence-corrected chi connectivity index (χ4v) is 0.526. The molecule has 0 aliphatic heterocycles. The molecule has 0 aromatic rings. The molecule has 0 aliphatic rings. The van der Waals surface area contributed by atoms with Gasteiger partial charge in [-0.2, -0.15) is 0 Å². The fraction of sp³-hybridized carbons (Fsp3) is 0.222. The predicted octanol–water partition coefficient (Wildman–Crippen LogP) is -0.341. The van der Waals surface area contributed by atoms with Crippen LogP contribution in [0.15, 0.2) is 25.3 Å². The van der Waals surface area contributed by atoms with Crippen molar-refractivity contribution in [2.75, 3.05) is 13.5 Å². The Kier molecular flexibility index (Phi) is 6.88. The average Bonchev–Trinajstić information content (AvgIpc) is 2.28. The Balaban J connectivity index is 3.52. The molecule has 2 amide bonds. The Labute approximate surface area is 92.1 Å². The van der Waals surface area contributed by atoms with Gasteiger partial charge >= 0.3 is 18.0 Å². The van der Waals surface area contributed by atoms with Gasteiger partial charge in [-0.3, -0.25) is 0 Å². The standard InChI is InChI=1S/C9H12N2O5/c1-3-7(12)15-5-10-9(14)11-6-16-8(13)4-2/h3-4H,1-2,5-6H2,(H2,10,11,14). The highest BCUT2D eigenvalue weighted by molar-refractivity contribution is 5.82. The molecule has 88 valence electrons. The van der Waals surface area contributed by atoms with Crippen molar-refractivity contribution in [3.8, 4) is 0 Å². The van der Waals surface area contributed by atoms with E-state index in [9.17, 15) is 14.4 Å². The molecule has 0 saturated carbocycles. The van der Waals surface area contributed by atoms with Gasteiger partial charge in [-0.25, -0.2) is 14.4 Å². The molecule has 0 aliphatic carbocycles. The van der Waals surface area contributed by atoms with Gasteiger partial charge in [0.25, 0.3) is 0 Å². The summed E-state index contributed by atoms with van der Waals surface area (Å²) in [4.78, 5) is 32.0. The number of ether oxygens (including phenoxy) is 2. The zero-order chi connectivity index (χ0) is 12.4. The maximum Gasteiger partial charge on any atom is 0.331 e. The lowest BCUT2D eigenvalue weighted by atomic mass is 10.7. The van der Waals surface area contributed by atoms with Crippen LogP contribution in [0.1, 0.15) is 0 Å². The molecule has 0 rings (SSSR count). The minimum Gasteiger partial charge on any atom is -0.441 e. The van der Waals surface area contributed by atoms with Crippen molar-refractivity contribution in [3.63, 3.8) is 0 Å². The molecule has 0 unspecified atom stereocenters. The Morgan fingerprint density at radius 2 is 1.31 bits per heavy atom. The quantitative estimate of drug-likeness (QED) is 0.368. The molecule has 7 nitrogen and oxygen atoms in total.